The number of aromatic nitrogens is 2. The molecule has 1 aliphatic rings. The second-order valence-corrected chi connectivity index (χ2v) is 8.28. The van der Waals surface area contributed by atoms with E-state index in [1.165, 1.54) is 27.5 Å². The van der Waals surface area contributed by atoms with Crippen LogP contribution in [0.15, 0.2) is 116 Å². The van der Waals surface area contributed by atoms with Gasteiger partial charge in [-0.25, -0.2) is 0 Å². The first-order chi connectivity index (χ1) is 15.9. The third kappa shape index (κ3) is 3.32. The molecule has 3 heterocycles. The number of benzene rings is 3. The Balaban J connectivity index is 1.53. The van der Waals surface area contributed by atoms with E-state index < -0.39 is 0 Å². The molecular weight excluding hydrogens is 387 g/mol. The van der Waals surface area contributed by atoms with Gasteiger partial charge in [0.15, 0.2) is 0 Å². The van der Waals surface area contributed by atoms with Gasteiger partial charge in [-0.3, -0.25) is 9.97 Å². The van der Waals surface area contributed by atoms with Gasteiger partial charge in [0.2, 0.25) is 6.71 Å². The van der Waals surface area contributed by atoms with Crippen molar-refractivity contribution in [1.29, 1.82) is 0 Å². The summed E-state index contributed by atoms with van der Waals surface area (Å²) in [5.74, 6) is 0. The Hall–Kier alpha value is -3.98. The average molecular weight is 408 g/mol. The first kappa shape index (κ1) is 18.8. The minimum Gasteiger partial charge on any atom is -0.256 e. The molecule has 32 heavy (non-hydrogen) atoms. The smallest absolute Gasteiger partial charge is 0.241 e. The second-order valence-electron chi connectivity index (χ2n) is 8.28. The molecule has 0 saturated carbocycles. The van der Waals surface area contributed by atoms with Crippen LogP contribution in [0.25, 0.3) is 22.5 Å². The SMILES string of the molecule is c1ccc(-c2cccc(B3c4ccccc4Cc4ccc(-c5ccccn5)cc43)c2)nc1. The van der Waals surface area contributed by atoms with Crippen LogP contribution in [0.5, 0.6) is 0 Å². The topological polar surface area (TPSA) is 25.8 Å². The Kier molecular flexibility index (Phi) is 4.65. The van der Waals surface area contributed by atoms with Crippen LogP contribution in [0, 0.1) is 0 Å². The van der Waals surface area contributed by atoms with Gasteiger partial charge in [-0.2, -0.15) is 0 Å². The summed E-state index contributed by atoms with van der Waals surface area (Å²) in [6, 6.07) is 36.7. The first-order valence-corrected chi connectivity index (χ1v) is 11.0. The third-order valence-corrected chi connectivity index (χ3v) is 6.35. The van der Waals surface area contributed by atoms with Gasteiger partial charge in [0.05, 0.1) is 11.4 Å². The van der Waals surface area contributed by atoms with E-state index in [1.54, 1.807) is 0 Å². The molecule has 3 heteroatoms. The molecule has 5 aromatic rings. The highest BCUT2D eigenvalue weighted by Crippen LogP contribution is 2.21. The lowest BCUT2D eigenvalue weighted by Gasteiger charge is -2.27. The van der Waals surface area contributed by atoms with Gasteiger partial charge in [0.1, 0.15) is 0 Å². The molecule has 0 radical (unpaired) electrons. The maximum atomic E-state index is 4.59. The van der Waals surface area contributed by atoms with E-state index in [-0.39, 0.29) is 6.71 Å². The van der Waals surface area contributed by atoms with Crippen LogP contribution in [-0.2, 0) is 6.42 Å². The maximum Gasteiger partial charge on any atom is 0.241 e. The van der Waals surface area contributed by atoms with Crippen molar-refractivity contribution in [1.82, 2.24) is 9.97 Å². The van der Waals surface area contributed by atoms with Crippen molar-refractivity contribution in [2.75, 3.05) is 0 Å². The Morgan fingerprint density at radius 3 is 1.97 bits per heavy atom. The second kappa shape index (κ2) is 7.94. The minimum atomic E-state index is 0.183. The summed E-state index contributed by atoms with van der Waals surface area (Å²) >= 11 is 0. The molecule has 0 fully saturated rings. The zero-order valence-electron chi connectivity index (χ0n) is 17.6. The lowest BCUT2D eigenvalue weighted by molar-refractivity contribution is 1.21. The standard InChI is InChI=1S/C29H21BN2/c1-2-11-26-21(8-1)18-22-14-15-24(29-13-4-6-17-32-29)20-27(22)30(26)25-10-7-9-23(19-25)28-12-3-5-16-31-28/h1-17,19-20H,18H2. The molecule has 0 N–H and O–H groups in total. The highest BCUT2D eigenvalue weighted by Gasteiger charge is 2.30. The Bertz CT molecular complexity index is 1400. The van der Waals surface area contributed by atoms with Crippen LogP contribution in [-0.4, -0.2) is 16.7 Å². The number of hydrogen-bond acceptors (Lipinski definition) is 2. The lowest BCUT2D eigenvalue weighted by Crippen LogP contribution is -2.56. The molecule has 2 aromatic heterocycles. The minimum absolute atomic E-state index is 0.183. The van der Waals surface area contributed by atoms with E-state index in [1.807, 2.05) is 36.7 Å². The van der Waals surface area contributed by atoms with Crippen molar-refractivity contribution in [3.63, 3.8) is 0 Å². The fourth-order valence-electron chi connectivity index (χ4n) is 4.84. The van der Waals surface area contributed by atoms with Crippen LogP contribution < -0.4 is 16.4 Å². The van der Waals surface area contributed by atoms with Gasteiger partial charge in [0, 0.05) is 12.4 Å². The molecule has 0 amide bonds. The van der Waals surface area contributed by atoms with Gasteiger partial charge in [0.25, 0.3) is 0 Å². The Labute approximate surface area is 188 Å². The molecule has 1 aliphatic heterocycles. The van der Waals surface area contributed by atoms with E-state index in [0.717, 1.165) is 28.9 Å². The number of pyridine rings is 2. The lowest BCUT2D eigenvalue weighted by atomic mass is 9.33. The quantitative estimate of drug-likeness (QED) is 0.410. The first-order valence-electron chi connectivity index (χ1n) is 11.0. The molecule has 0 unspecified atom stereocenters. The summed E-state index contributed by atoms with van der Waals surface area (Å²) in [7, 11) is 0. The highest BCUT2D eigenvalue weighted by atomic mass is 14.7. The van der Waals surface area contributed by atoms with Gasteiger partial charge in [-0.15, -0.1) is 0 Å². The van der Waals surface area contributed by atoms with E-state index in [2.05, 4.69) is 88.8 Å². The van der Waals surface area contributed by atoms with Crippen molar-refractivity contribution in [3.8, 4) is 22.5 Å². The number of hydrogen-bond donors (Lipinski definition) is 0. The van der Waals surface area contributed by atoms with Crippen molar-refractivity contribution >= 4 is 23.1 Å². The van der Waals surface area contributed by atoms with Gasteiger partial charge in [-0.05, 0) is 52.9 Å². The molecule has 6 rings (SSSR count). The monoisotopic (exact) mass is 408 g/mol. The predicted octanol–water partition coefficient (Wildman–Crippen LogP) is 4.23. The fraction of sp³-hybridized carbons (Fsp3) is 0.0345. The zero-order valence-corrected chi connectivity index (χ0v) is 17.6. The molecule has 150 valence electrons. The van der Waals surface area contributed by atoms with Crippen LogP contribution in [0.4, 0.5) is 0 Å². The summed E-state index contributed by atoms with van der Waals surface area (Å²) < 4.78 is 0. The number of fused-ring (bicyclic) bond motifs is 2. The Morgan fingerprint density at radius 2 is 1.22 bits per heavy atom. The molecule has 0 atom stereocenters. The molecule has 0 bridgehead atoms. The largest absolute Gasteiger partial charge is 0.256 e. The molecule has 0 saturated heterocycles. The Morgan fingerprint density at radius 1 is 0.531 bits per heavy atom. The van der Waals surface area contributed by atoms with Crippen molar-refractivity contribution in [2.45, 2.75) is 6.42 Å². The molecule has 0 spiro atoms. The predicted molar refractivity (Wildman–Crippen MR) is 133 cm³/mol. The fourth-order valence-corrected chi connectivity index (χ4v) is 4.84. The van der Waals surface area contributed by atoms with E-state index in [4.69, 9.17) is 0 Å². The van der Waals surface area contributed by atoms with Crippen LogP contribution in [0.3, 0.4) is 0 Å². The third-order valence-electron chi connectivity index (χ3n) is 6.35. The van der Waals surface area contributed by atoms with Crippen molar-refractivity contribution in [3.05, 3.63) is 127 Å². The van der Waals surface area contributed by atoms with Crippen molar-refractivity contribution in [2.24, 2.45) is 0 Å². The van der Waals surface area contributed by atoms with Gasteiger partial charge in [-0.1, -0.05) is 95.3 Å². The number of nitrogens with zero attached hydrogens (tertiary/aromatic N) is 2. The van der Waals surface area contributed by atoms with Crippen LogP contribution in [0.1, 0.15) is 11.1 Å². The van der Waals surface area contributed by atoms with Crippen LogP contribution >= 0.6 is 0 Å². The van der Waals surface area contributed by atoms with Gasteiger partial charge < -0.3 is 0 Å². The summed E-state index contributed by atoms with van der Waals surface area (Å²) in [5, 5.41) is 0. The summed E-state index contributed by atoms with van der Waals surface area (Å²) in [5.41, 5.74) is 11.1. The van der Waals surface area contributed by atoms with Crippen LogP contribution in [0.2, 0.25) is 0 Å². The normalized spacial score (nSPS) is 12.2. The average Bonchev–Trinajstić information content (AvgIpc) is 2.88. The van der Waals surface area contributed by atoms with E-state index >= 15 is 0 Å². The summed E-state index contributed by atoms with van der Waals surface area (Å²) in [6.45, 7) is 0.183. The summed E-state index contributed by atoms with van der Waals surface area (Å²) in [6.07, 6.45) is 4.68. The molecule has 3 aromatic carbocycles. The van der Waals surface area contributed by atoms with Crippen molar-refractivity contribution < 1.29 is 0 Å². The zero-order chi connectivity index (χ0) is 21.3. The van der Waals surface area contributed by atoms with E-state index in [0.29, 0.717) is 0 Å². The van der Waals surface area contributed by atoms with Gasteiger partial charge >= 0.3 is 0 Å². The molecule has 2 nitrogen and oxygen atoms in total. The maximum absolute atomic E-state index is 4.59. The van der Waals surface area contributed by atoms with E-state index in [9.17, 15) is 0 Å². The molecular formula is C29H21BN2. The summed E-state index contributed by atoms with van der Waals surface area (Å²) in [4.78, 5) is 9.15. The molecule has 0 aliphatic carbocycles. The number of rotatable bonds is 3. The highest BCUT2D eigenvalue weighted by molar-refractivity contribution is 6.96.